The summed E-state index contributed by atoms with van der Waals surface area (Å²) in [5.74, 6) is 0.735. The molecule has 0 spiro atoms. The minimum Gasteiger partial charge on any atom is -0.381 e. The maximum atomic E-state index is 8.91. The first-order valence-electron chi connectivity index (χ1n) is 6.27. The monoisotopic (exact) mass is 224 g/mol. The normalized spacial score (nSPS) is 20.4. The fraction of sp³-hybridized carbons (Fsp3) is 0.923. The minimum absolute atomic E-state index is 0.206. The van der Waals surface area contributed by atoms with Crippen molar-refractivity contribution in [1.82, 2.24) is 5.32 Å². The Balaban J connectivity index is 2.19. The van der Waals surface area contributed by atoms with E-state index in [2.05, 4.69) is 18.3 Å². The van der Waals surface area contributed by atoms with Crippen molar-refractivity contribution in [3.05, 3.63) is 0 Å². The molecule has 0 aliphatic carbocycles. The molecule has 16 heavy (non-hydrogen) atoms. The Morgan fingerprint density at radius 2 is 2.06 bits per heavy atom. The molecule has 1 N–H and O–H groups in total. The summed E-state index contributed by atoms with van der Waals surface area (Å²) in [6, 6.07) is 2.87. The van der Waals surface area contributed by atoms with Crippen molar-refractivity contribution in [2.24, 2.45) is 11.3 Å². The van der Waals surface area contributed by atoms with Gasteiger partial charge in [0.25, 0.3) is 0 Å². The van der Waals surface area contributed by atoms with Crippen molar-refractivity contribution in [2.45, 2.75) is 46.1 Å². The van der Waals surface area contributed by atoms with E-state index in [0.717, 1.165) is 44.9 Å². The van der Waals surface area contributed by atoms with Crippen molar-refractivity contribution >= 4 is 0 Å². The molecule has 1 rings (SSSR count). The summed E-state index contributed by atoms with van der Waals surface area (Å²) < 4.78 is 5.36. The average Bonchev–Trinajstić information content (AvgIpc) is 2.30. The fourth-order valence-corrected chi connectivity index (χ4v) is 2.05. The second-order valence-electron chi connectivity index (χ2n) is 5.44. The summed E-state index contributed by atoms with van der Waals surface area (Å²) in [6.45, 7) is 8.97. The van der Waals surface area contributed by atoms with Crippen LogP contribution < -0.4 is 5.32 Å². The van der Waals surface area contributed by atoms with Crippen LogP contribution in [-0.4, -0.2) is 25.8 Å². The van der Waals surface area contributed by atoms with Crippen LogP contribution in [0.4, 0.5) is 0 Å². The van der Waals surface area contributed by atoms with Crippen molar-refractivity contribution in [2.75, 3.05) is 19.8 Å². The highest BCUT2D eigenvalue weighted by Crippen LogP contribution is 2.20. The Kier molecular flexibility index (Phi) is 5.24. The largest absolute Gasteiger partial charge is 0.381 e. The number of rotatable bonds is 5. The second-order valence-corrected chi connectivity index (χ2v) is 5.44. The van der Waals surface area contributed by atoms with Gasteiger partial charge in [0.15, 0.2) is 0 Å². The molecule has 0 aromatic heterocycles. The molecular formula is C13H24N2O. The van der Waals surface area contributed by atoms with E-state index in [0.29, 0.717) is 6.04 Å². The summed E-state index contributed by atoms with van der Waals surface area (Å²) in [4.78, 5) is 0. The maximum absolute atomic E-state index is 8.91. The quantitative estimate of drug-likeness (QED) is 0.779. The highest BCUT2D eigenvalue weighted by molar-refractivity contribution is 4.92. The molecule has 1 aliphatic heterocycles. The number of ether oxygens (including phenoxy) is 1. The molecule has 1 unspecified atom stereocenters. The molecule has 0 saturated carbocycles. The average molecular weight is 224 g/mol. The first kappa shape index (κ1) is 13.5. The standard InChI is InChI=1S/C13H24N2O/c1-11(12-4-8-16-9-5-12)15-7-6-13(2,3)10-14/h11-12,15H,4-9H2,1-3H3. The topological polar surface area (TPSA) is 45.0 Å². The van der Waals surface area contributed by atoms with Gasteiger partial charge in [-0.05, 0) is 52.5 Å². The molecule has 1 heterocycles. The van der Waals surface area contributed by atoms with Crippen LogP contribution in [0.3, 0.4) is 0 Å². The van der Waals surface area contributed by atoms with Gasteiger partial charge in [-0.25, -0.2) is 0 Å². The molecule has 1 saturated heterocycles. The Bertz CT molecular complexity index is 239. The molecule has 92 valence electrons. The molecule has 0 bridgehead atoms. The Morgan fingerprint density at radius 1 is 1.44 bits per heavy atom. The zero-order valence-electron chi connectivity index (χ0n) is 10.8. The van der Waals surface area contributed by atoms with Gasteiger partial charge < -0.3 is 10.1 Å². The third-order valence-electron chi connectivity index (χ3n) is 3.49. The summed E-state index contributed by atoms with van der Waals surface area (Å²) >= 11 is 0. The van der Waals surface area contributed by atoms with Gasteiger partial charge in [-0.1, -0.05) is 0 Å². The lowest BCUT2D eigenvalue weighted by Crippen LogP contribution is -2.38. The third kappa shape index (κ3) is 4.51. The van der Waals surface area contributed by atoms with Crippen LogP contribution in [0, 0.1) is 22.7 Å². The van der Waals surface area contributed by atoms with Crippen LogP contribution in [0.25, 0.3) is 0 Å². The van der Waals surface area contributed by atoms with E-state index in [9.17, 15) is 0 Å². The predicted molar refractivity (Wildman–Crippen MR) is 65.0 cm³/mol. The molecule has 1 atom stereocenters. The van der Waals surface area contributed by atoms with Gasteiger partial charge in [0.05, 0.1) is 11.5 Å². The van der Waals surface area contributed by atoms with Crippen molar-refractivity contribution in [3.63, 3.8) is 0 Å². The molecule has 0 aromatic carbocycles. The van der Waals surface area contributed by atoms with Crippen LogP contribution >= 0.6 is 0 Å². The number of nitrogens with one attached hydrogen (secondary N) is 1. The number of hydrogen-bond acceptors (Lipinski definition) is 3. The Hall–Kier alpha value is -0.590. The number of nitriles is 1. The van der Waals surface area contributed by atoms with E-state index < -0.39 is 0 Å². The Labute approximate surface area is 99.2 Å². The number of hydrogen-bond donors (Lipinski definition) is 1. The molecule has 3 nitrogen and oxygen atoms in total. The van der Waals surface area contributed by atoms with Gasteiger partial charge in [-0.15, -0.1) is 0 Å². The molecular weight excluding hydrogens is 200 g/mol. The second kappa shape index (κ2) is 6.22. The van der Waals surface area contributed by atoms with Crippen LogP contribution in [0.5, 0.6) is 0 Å². The Morgan fingerprint density at radius 3 is 2.62 bits per heavy atom. The lowest BCUT2D eigenvalue weighted by molar-refractivity contribution is 0.0557. The lowest BCUT2D eigenvalue weighted by Gasteiger charge is -2.29. The molecule has 0 aromatic rings. The summed E-state index contributed by atoms with van der Waals surface area (Å²) in [5.41, 5.74) is -0.206. The van der Waals surface area contributed by atoms with Crippen LogP contribution in [-0.2, 0) is 4.74 Å². The van der Waals surface area contributed by atoms with Crippen LogP contribution in [0.15, 0.2) is 0 Å². The van der Waals surface area contributed by atoms with E-state index in [1.165, 1.54) is 0 Å². The fourth-order valence-electron chi connectivity index (χ4n) is 2.05. The predicted octanol–water partition coefficient (Wildman–Crippen LogP) is 2.33. The van der Waals surface area contributed by atoms with Crippen molar-refractivity contribution in [3.8, 4) is 6.07 Å². The van der Waals surface area contributed by atoms with E-state index in [1.807, 2.05) is 13.8 Å². The van der Waals surface area contributed by atoms with E-state index in [-0.39, 0.29) is 5.41 Å². The summed E-state index contributed by atoms with van der Waals surface area (Å²) in [5, 5.41) is 12.4. The minimum atomic E-state index is -0.206. The van der Waals surface area contributed by atoms with Crippen LogP contribution in [0.1, 0.15) is 40.0 Å². The van der Waals surface area contributed by atoms with Gasteiger partial charge in [-0.3, -0.25) is 0 Å². The van der Waals surface area contributed by atoms with E-state index in [4.69, 9.17) is 10.00 Å². The molecule has 1 aliphatic rings. The van der Waals surface area contributed by atoms with Crippen molar-refractivity contribution in [1.29, 1.82) is 5.26 Å². The first-order valence-corrected chi connectivity index (χ1v) is 6.27. The van der Waals surface area contributed by atoms with Crippen LogP contribution in [0.2, 0.25) is 0 Å². The van der Waals surface area contributed by atoms with Gasteiger partial charge in [0.1, 0.15) is 0 Å². The molecule has 3 heteroatoms. The maximum Gasteiger partial charge on any atom is 0.0684 e. The molecule has 1 fully saturated rings. The SMILES string of the molecule is CC(NCCC(C)(C)C#N)C1CCOCC1. The third-order valence-corrected chi connectivity index (χ3v) is 3.49. The zero-order chi connectivity index (χ0) is 12.0. The van der Waals surface area contributed by atoms with Gasteiger partial charge in [0.2, 0.25) is 0 Å². The van der Waals surface area contributed by atoms with E-state index >= 15 is 0 Å². The molecule has 0 radical (unpaired) electrons. The zero-order valence-corrected chi connectivity index (χ0v) is 10.8. The summed E-state index contributed by atoms with van der Waals surface area (Å²) in [7, 11) is 0. The summed E-state index contributed by atoms with van der Waals surface area (Å²) in [6.07, 6.45) is 3.24. The van der Waals surface area contributed by atoms with Gasteiger partial charge >= 0.3 is 0 Å². The van der Waals surface area contributed by atoms with Gasteiger partial charge in [0, 0.05) is 19.3 Å². The highest BCUT2D eigenvalue weighted by atomic mass is 16.5. The van der Waals surface area contributed by atoms with Crippen molar-refractivity contribution < 1.29 is 4.74 Å². The first-order chi connectivity index (χ1) is 7.55. The number of nitrogens with zero attached hydrogens (tertiary/aromatic N) is 1. The lowest BCUT2D eigenvalue weighted by atomic mass is 9.90. The van der Waals surface area contributed by atoms with Gasteiger partial charge in [-0.2, -0.15) is 5.26 Å². The van der Waals surface area contributed by atoms with E-state index in [1.54, 1.807) is 0 Å². The highest BCUT2D eigenvalue weighted by Gasteiger charge is 2.21. The smallest absolute Gasteiger partial charge is 0.0684 e. The molecule has 0 amide bonds.